The van der Waals surface area contributed by atoms with Gasteiger partial charge in [0, 0.05) is 6.20 Å². The molecule has 0 fully saturated rings. The lowest BCUT2D eigenvalue weighted by molar-refractivity contribution is -0.383. The molecule has 2 aromatic heterocycles. The summed E-state index contributed by atoms with van der Waals surface area (Å²) in [7, 11) is 0. The number of aryl methyl sites for hydroxylation is 1. The van der Waals surface area contributed by atoms with E-state index in [1.807, 2.05) is 13.0 Å². The lowest BCUT2D eigenvalue weighted by atomic mass is 10.3. The quantitative estimate of drug-likeness (QED) is 0.423. The van der Waals surface area contributed by atoms with Gasteiger partial charge in [0.05, 0.1) is 4.92 Å². The van der Waals surface area contributed by atoms with Gasteiger partial charge in [-0.15, -0.1) is 0 Å². The third-order valence-electron chi connectivity index (χ3n) is 2.30. The molecule has 0 aromatic carbocycles. The number of nitrogens with two attached hydrogens (primary N) is 1. The Morgan fingerprint density at radius 3 is 2.68 bits per heavy atom. The Kier molecular flexibility index (Phi) is 3.48. The number of anilines is 3. The number of pyridine rings is 1. The Morgan fingerprint density at radius 2 is 2.05 bits per heavy atom. The van der Waals surface area contributed by atoms with Gasteiger partial charge >= 0.3 is 5.69 Å². The number of hydrogen-bond acceptors (Lipinski definition) is 8. The van der Waals surface area contributed by atoms with Crippen molar-refractivity contribution in [2.75, 3.05) is 10.7 Å². The number of nitrogens with zero attached hydrogens (tertiary/aromatic N) is 4. The second kappa shape index (κ2) is 5.23. The van der Waals surface area contributed by atoms with Crippen LogP contribution in [0, 0.1) is 17.0 Å². The molecule has 19 heavy (non-hydrogen) atoms. The molecule has 2 aromatic rings. The van der Waals surface area contributed by atoms with Crippen molar-refractivity contribution in [3.63, 3.8) is 0 Å². The van der Waals surface area contributed by atoms with Crippen molar-refractivity contribution in [2.45, 2.75) is 6.92 Å². The first-order valence-electron chi connectivity index (χ1n) is 5.27. The zero-order valence-corrected chi connectivity index (χ0v) is 9.99. The van der Waals surface area contributed by atoms with Gasteiger partial charge in [0.25, 0.3) is 0 Å². The molecule has 0 aliphatic carbocycles. The van der Waals surface area contributed by atoms with Crippen molar-refractivity contribution >= 4 is 23.1 Å². The highest BCUT2D eigenvalue weighted by Crippen LogP contribution is 2.29. The largest absolute Gasteiger partial charge is 0.354 e. The fourth-order valence-corrected chi connectivity index (χ4v) is 1.47. The molecule has 4 N–H and O–H groups in total. The Hall–Kier alpha value is -2.81. The Balaban J connectivity index is 2.42. The fourth-order valence-electron chi connectivity index (χ4n) is 1.47. The molecule has 0 unspecified atom stereocenters. The third-order valence-corrected chi connectivity index (χ3v) is 2.30. The highest BCUT2D eigenvalue weighted by atomic mass is 16.6. The van der Waals surface area contributed by atoms with Crippen LogP contribution in [0.25, 0.3) is 0 Å². The summed E-state index contributed by atoms with van der Waals surface area (Å²) in [5.74, 6) is 5.58. The van der Waals surface area contributed by atoms with Crippen molar-refractivity contribution in [3.8, 4) is 0 Å². The van der Waals surface area contributed by atoms with Crippen LogP contribution in [0.5, 0.6) is 0 Å². The SMILES string of the molecule is Cc1ccnc(Nc2ncnc(NN)c2[N+](=O)[O-])c1. The predicted octanol–water partition coefficient (Wildman–Crippen LogP) is 1.12. The standard InChI is InChI=1S/C10H11N7O2/c1-6-2-3-12-7(4-6)15-9-8(17(18)19)10(16-11)14-5-13-9/h2-5H,11H2,1H3,(H2,12,13,14,15,16). The molecular weight excluding hydrogens is 250 g/mol. The summed E-state index contributed by atoms with van der Waals surface area (Å²) in [6, 6.07) is 3.55. The van der Waals surface area contributed by atoms with E-state index >= 15 is 0 Å². The van der Waals surface area contributed by atoms with E-state index in [1.54, 1.807) is 12.3 Å². The van der Waals surface area contributed by atoms with Crippen molar-refractivity contribution in [2.24, 2.45) is 5.84 Å². The molecule has 2 rings (SSSR count). The average molecular weight is 261 g/mol. The van der Waals surface area contributed by atoms with Crippen LogP contribution in [-0.4, -0.2) is 19.9 Å². The summed E-state index contributed by atoms with van der Waals surface area (Å²) in [5.41, 5.74) is 2.79. The van der Waals surface area contributed by atoms with Gasteiger partial charge in [-0.2, -0.15) is 0 Å². The third kappa shape index (κ3) is 2.72. The topological polar surface area (TPSA) is 132 Å². The molecule has 0 saturated carbocycles. The van der Waals surface area contributed by atoms with Crippen LogP contribution >= 0.6 is 0 Å². The first-order valence-corrected chi connectivity index (χ1v) is 5.27. The maximum absolute atomic E-state index is 11.0. The summed E-state index contributed by atoms with van der Waals surface area (Å²) in [4.78, 5) is 22.0. The summed E-state index contributed by atoms with van der Waals surface area (Å²) >= 11 is 0. The highest BCUT2D eigenvalue weighted by molar-refractivity contribution is 5.72. The first kappa shape index (κ1) is 12.6. The molecule has 0 amide bonds. The number of nitrogens with one attached hydrogen (secondary N) is 2. The number of aromatic nitrogens is 3. The molecule has 0 bridgehead atoms. The van der Waals surface area contributed by atoms with Crippen LogP contribution in [0.1, 0.15) is 5.56 Å². The average Bonchev–Trinajstić information content (AvgIpc) is 2.38. The number of rotatable bonds is 4. The van der Waals surface area contributed by atoms with Gasteiger partial charge in [-0.1, -0.05) is 0 Å². The molecule has 9 heteroatoms. The van der Waals surface area contributed by atoms with Crippen molar-refractivity contribution in [1.82, 2.24) is 15.0 Å². The van der Waals surface area contributed by atoms with E-state index in [0.717, 1.165) is 5.56 Å². The molecule has 2 heterocycles. The van der Waals surface area contributed by atoms with Gasteiger partial charge in [-0.3, -0.25) is 10.1 Å². The van der Waals surface area contributed by atoms with Crippen LogP contribution < -0.4 is 16.6 Å². The molecule has 98 valence electrons. The lowest BCUT2D eigenvalue weighted by Gasteiger charge is -2.07. The number of nitro groups is 1. The highest BCUT2D eigenvalue weighted by Gasteiger charge is 2.22. The van der Waals surface area contributed by atoms with Crippen LogP contribution in [0.3, 0.4) is 0 Å². The van der Waals surface area contributed by atoms with Gasteiger partial charge in [-0.25, -0.2) is 20.8 Å². The van der Waals surface area contributed by atoms with E-state index in [0.29, 0.717) is 5.82 Å². The smallest absolute Gasteiger partial charge is 0.319 e. The zero-order valence-electron chi connectivity index (χ0n) is 9.99. The van der Waals surface area contributed by atoms with Crippen molar-refractivity contribution in [1.29, 1.82) is 0 Å². The summed E-state index contributed by atoms with van der Waals surface area (Å²) in [5, 5.41) is 13.8. The monoisotopic (exact) mass is 261 g/mol. The molecule has 0 spiro atoms. The number of nitrogen functional groups attached to an aromatic ring is 1. The van der Waals surface area contributed by atoms with E-state index in [-0.39, 0.29) is 17.3 Å². The van der Waals surface area contributed by atoms with Gasteiger partial charge in [-0.05, 0) is 24.6 Å². The van der Waals surface area contributed by atoms with Crippen LogP contribution in [0.15, 0.2) is 24.7 Å². The predicted molar refractivity (Wildman–Crippen MR) is 68.8 cm³/mol. The maximum atomic E-state index is 11.0. The number of hydrazine groups is 1. The van der Waals surface area contributed by atoms with Crippen molar-refractivity contribution in [3.05, 3.63) is 40.3 Å². The molecule has 0 aliphatic heterocycles. The first-order chi connectivity index (χ1) is 9.11. The van der Waals surface area contributed by atoms with Crippen LogP contribution in [-0.2, 0) is 0 Å². The molecule has 0 aliphatic rings. The molecular formula is C10H11N7O2. The Bertz CT molecular complexity index is 617. The van der Waals surface area contributed by atoms with E-state index < -0.39 is 4.92 Å². The van der Waals surface area contributed by atoms with Crippen LogP contribution in [0.2, 0.25) is 0 Å². The van der Waals surface area contributed by atoms with E-state index in [9.17, 15) is 10.1 Å². The molecule has 9 nitrogen and oxygen atoms in total. The minimum absolute atomic E-state index is 0.0195. The van der Waals surface area contributed by atoms with Gasteiger partial charge < -0.3 is 10.7 Å². The fraction of sp³-hybridized carbons (Fsp3) is 0.100. The zero-order chi connectivity index (χ0) is 13.8. The van der Waals surface area contributed by atoms with Gasteiger partial charge in [0.1, 0.15) is 12.1 Å². The minimum Gasteiger partial charge on any atom is -0.319 e. The molecule has 0 atom stereocenters. The number of hydrogen-bond donors (Lipinski definition) is 3. The van der Waals surface area contributed by atoms with E-state index in [1.165, 1.54) is 6.33 Å². The van der Waals surface area contributed by atoms with Gasteiger partial charge in [0.2, 0.25) is 11.6 Å². The lowest BCUT2D eigenvalue weighted by Crippen LogP contribution is -2.13. The van der Waals surface area contributed by atoms with Crippen molar-refractivity contribution < 1.29 is 4.92 Å². The van der Waals surface area contributed by atoms with E-state index in [4.69, 9.17) is 5.84 Å². The Morgan fingerprint density at radius 1 is 1.32 bits per heavy atom. The maximum Gasteiger partial charge on any atom is 0.354 e. The summed E-state index contributed by atoms with van der Waals surface area (Å²) in [6.07, 6.45) is 2.76. The second-order valence-corrected chi connectivity index (χ2v) is 3.66. The molecule has 0 radical (unpaired) electrons. The molecule has 0 saturated heterocycles. The second-order valence-electron chi connectivity index (χ2n) is 3.66. The Labute approximate surface area is 108 Å². The van der Waals surface area contributed by atoms with Gasteiger partial charge in [0.15, 0.2) is 0 Å². The summed E-state index contributed by atoms with van der Waals surface area (Å²) in [6.45, 7) is 1.88. The summed E-state index contributed by atoms with van der Waals surface area (Å²) < 4.78 is 0. The normalized spacial score (nSPS) is 10.0. The van der Waals surface area contributed by atoms with Crippen LogP contribution in [0.4, 0.5) is 23.1 Å². The minimum atomic E-state index is -0.618. The van der Waals surface area contributed by atoms with E-state index in [2.05, 4.69) is 25.7 Å².